The fraction of sp³-hybridized carbons (Fsp3) is 0.400. The molecule has 2 aromatic rings. The molecule has 8 nitrogen and oxygen atoms in total. The largest absolute Gasteiger partial charge is 0.497 e. The van der Waals surface area contributed by atoms with Crippen molar-refractivity contribution in [2.75, 3.05) is 26.7 Å². The summed E-state index contributed by atoms with van der Waals surface area (Å²) >= 11 is 0. The van der Waals surface area contributed by atoms with Gasteiger partial charge >= 0.3 is 0 Å². The molecule has 0 radical (unpaired) electrons. The zero-order valence-corrected chi connectivity index (χ0v) is 17.1. The Morgan fingerprint density at radius 3 is 2.38 bits per heavy atom. The van der Waals surface area contributed by atoms with E-state index in [-0.39, 0.29) is 17.5 Å². The molecule has 1 saturated heterocycles. The number of benzene rings is 2. The van der Waals surface area contributed by atoms with Crippen molar-refractivity contribution in [1.29, 1.82) is 0 Å². The summed E-state index contributed by atoms with van der Waals surface area (Å²) in [7, 11) is -2.44. The number of hydrogen-bond acceptors (Lipinski definition) is 6. The lowest BCUT2D eigenvalue weighted by molar-refractivity contribution is -0.387. The second-order valence-electron chi connectivity index (χ2n) is 6.96. The van der Waals surface area contributed by atoms with E-state index in [1.54, 1.807) is 7.11 Å². The molecular formula is C20H25N3O5S. The van der Waals surface area contributed by atoms with Crippen LogP contribution in [0.15, 0.2) is 53.4 Å². The molecule has 0 bridgehead atoms. The van der Waals surface area contributed by atoms with Gasteiger partial charge in [0.05, 0.1) is 12.0 Å². The molecule has 156 valence electrons. The molecule has 0 spiro atoms. The number of ether oxygens (including phenoxy) is 1. The Morgan fingerprint density at radius 2 is 1.76 bits per heavy atom. The zero-order chi connectivity index (χ0) is 20.9. The highest BCUT2D eigenvalue weighted by Crippen LogP contribution is 2.27. The number of likely N-dealkylation sites (tertiary alicyclic amines) is 1. The maximum atomic E-state index is 12.8. The molecule has 3 rings (SSSR count). The van der Waals surface area contributed by atoms with Gasteiger partial charge in [-0.2, -0.15) is 0 Å². The van der Waals surface area contributed by atoms with Crippen LogP contribution in [0.1, 0.15) is 30.9 Å². The normalized spacial score (nSPS) is 16.3. The molecule has 29 heavy (non-hydrogen) atoms. The van der Waals surface area contributed by atoms with Crippen molar-refractivity contribution in [3.05, 3.63) is 64.2 Å². The lowest BCUT2D eigenvalue weighted by Crippen LogP contribution is -2.40. The standard InChI is InChI=1S/C20H25N3O5S/c1-28-17-11-9-16(10-12-17)19(22-13-5-2-6-14-22)15-21-29(26,27)20-8-4-3-7-18(20)23(24)25/h3-4,7-12,19,21H,2,5-6,13-15H2,1H3. The highest BCUT2D eigenvalue weighted by Gasteiger charge is 2.28. The van der Waals surface area contributed by atoms with Crippen LogP contribution in [-0.2, 0) is 10.0 Å². The molecule has 1 aliphatic rings. The number of piperidine rings is 1. The first-order valence-corrected chi connectivity index (χ1v) is 11.0. The summed E-state index contributed by atoms with van der Waals surface area (Å²) in [4.78, 5) is 12.5. The van der Waals surface area contributed by atoms with Crippen LogP contribution in [0.2, 0.25) is 0 Å². The number of rotatable bonds is 8. The molecule has 0 aromatic heterocycles. The number of nitro benzene ring substituents is 1. The minimum absolute atomic E-state index is 0.126. The van der Waals surface area contributed by atoms with Crippen LogP contribution in [-0.4, -0.2) is 45.0 Å². The molecule has 1 fully saturated rings. The van der Waals surface area contributed by atoms with Gasteiger partial charge in [-0.1, -0.05) is 30.7 Å². The van der Waals surface area contributed by atoms with E-state index in [1.807, 2.05) is 24.3 Å². The Hall–Kier alpha value is -2.49. The van der Waals surface area contributed by atoms with Crippen molar-refractivity contribution in [3.63, 3.8) is 0 Å². The SMILES string of the molecule is COc1ccc(C(CNS(=O)(=O)c2ccccc2[N+](=O)[O-])N2CCCCC2)cc1. The summed E-state index contributed by atoms with van der Waals surface area (Å²) in [6, 6.07) is 12.8. The fourth-order valence-corrected chi connectivity index (χ4v) is 4.82. The van der Waals surface area contributed by atoms with Crippen molar-refractivity contribution >= 4 is 15.7 Å². The average molecular weight is 420 g/mol. The molecule has 0 aliphatic carbocycles. The number of nitrogens with zero attached hydrogens (tertiary/aromatic N) is 2. The van der Waals surface area contributed by atoms with Gasteiger partial charge < -0.3 is 4.74 Å². The van der Waals surface area contributed by atoms with E-state index < -0.39 is 20.6 Å². The van der Waals surface area contributed by atoms with Gasteiger partial charge in [-0.25, -0.2) is 13.1 Å². The Bertz CT molecular complexity index is 941. The molecule has 0 amide bonds. The predicted octanol–water partition coefficient (Wildman–Crippen LogP) is 3.11. The van der Waals surface area contributed by atoms with Gasteiger partial charge in [0.25, 0.3) is 5.69 Å². The minimum atomic E-state index is -4.03. The molecule has 1 unspecified atom stereocenters. The van der Waals surface area contributed by atoms with Crippen LogP contribution in [0, 0.1) is 10.1 Å². The van der Waals surface area contributed by atoms with E-state index >= 15 is 0 Å². The highest BCUT2D eigenvalue weighted by molar-refractivity contribution is 7.89. The molecule has 2 aromatic carbocycles. The van der Waals surface area contributed by atoms with E-state index in [4.69, 9.17) is 4.74 Å². The molecule has 1 atom stereocenters. The van der Waals surface area contributed by atoms with Gasteiger partial charge in [0.15, 0.2) is 4.90 Å². The third kappa shape index (κ3) is 5.11. The van der Waals surface area contributed by atoms with Gasteiger partial charge in [-0.05, 0) is 49.7 Å². The Balaban J connectivity index is 1.85. The van der Waals surface area contributed by atoms with Crippen LogP contribution in [0.5, 0.6) is 5.75 Å². The molecule has 9 heteroatoms. The fourth-order valence-electron chi connectivity index (χ4n) is 3.62. The molecule has 1 heterocycles. The number of nitro groups is 1. The van der Waals surface area contributed by atoms with Crippen molar-refractivity contribution in [2.45, 2.75) is 30.2 Å². The van der Waals surface area contributed by atoms with Crippen LogP contribution in [0.25, 0.3) is 0 Å². The molecule has 1 aliphatic heterocycles. The summed E-state index contributed by atoms with van der Waals surface area (Å²) in [6.07, 6.45) is 3.28. The van der Waals surface area contributed by atoms with Gasteiger partial charge in [0.2, 0.25) is 10.0 Å². The number of nitrogens with one attached hydrogen (secondary N) is 1. The first-order chi connectivity index (χ1) is 13.9. The number of sulfonamides is 1. The van der Waals surface area contributed by atoms with Crippen LogP contribution >= 0.6 is 0 Å². The second-order valence-corrected chi connectivity index (χ2v) is 8.70. The van der Waals surface area contributed by atoms with Crippen molar-refractivity contribution in [2.24, 2.45) is 0 Å². The van der Waals surface area contributed by atoms with Gasteiger partial charge in [-0.3, -0.25) is 15.0 Å². The van der Waals surface area contributed by atoms with Crippen LogP contribution in [0.3, 0.4) is 0 Å². The third-order valence-corrected chi connectivity index (χ3v) is 6.62. The van der Waals surface area contributed by atoms with Crippen LogP contribution in [0.4, 0.5) is 5.69 Å². The van der Waals surface area contributed by atoms with E-state index in [9.17, 15) is 18.5 Å². The summed E-state index contributed by atoms with van der Waals surface area (Å²) in [5.74, 6) is 0.728. The highest BCUT2D eigenvalue weighted by atomic mass is 32.2. The van der Waals surface area contributed by atoms with E-state index in [2.05, 4.69) is 9.62 Å². The van der Waals surface area contributed by atoms with Crippen LogP contribution < -0.4 is 9.46 Å². The number of hydrogen-bond donors (Lipinski definition) is 1. The van der Waals surface area contributed by atoms with Gasteiger partial charge in [-0.15, -0.1) is 0 Å². The maximum absolute atomic E-state index is 12.8. The van der Waals surface area contributed by atoms with Gasteiger partial charge in [0, 0.05) is 18.7 Å². The number of para-hydroxylation sites is 1. The molecule has 0 saturated carbocycles. The Labute approximate surface area is 170 Å². The summed E-state index contributed by atoms with van der Waals surface area (Å²) in [5.41, 5.74) is 0.539. The molecular weight excluding hydrogens is 394 g/mol. The third-order valence-electron chi connectivity index (χ3n) is 5.15. The Morgan fingerprint density at radius 1 is 1.10 bits per heavy atom. The number of methoxy groups -OCH3 is 1. The molecule has 1 N–H and O–H groups in total. The van der Waals surface area contributed by atoms with Crippen molar-refractivity contribution in [3.8, 4) is 5.75 Å². The first kappa shape index (κ1) is 21.2. The minimum Gasteiger partial charge on any atom is -0.497 e. The topological polar surface area (TPSA) is 102 Å². The van der Waals surface area contributed by atoms with Gasteiger partial charge in [0.1, 0.15) is 5.75 Å². The lowest BCUT2D eigenvalue weighted by atomic mass is 10.0. The van der Waals surface area contributed by atoms with Crippen molar-refractivity contribution in [1.82, 2.24) is 9.62 Å². The summed E-state index contributed by atoms with van der Waals surface area (Å²) in [5, 5.41) is 11.2. The monoisotopic (exact) mass is 419 g/mol. The van der Waals surface area contributed by atoms with E-state index in [1.165, 1.54) is 24.3 Å². The Kier molecular flexibility index (Phi) is 6.83. The van der Waals surface area contributed by atoms with E-state index in [0.29, 0.717) is 0 Å². The maximum Gasteiger partial charge on any atom is 0.289 e. The average Bonchev–Trinajstić information content (AvgIpc) is 2.75. The smallest absolute Gasteiger partial charge is 0.289 e. The lowest BCUT2D eigenvalue weighted by Gasteiger charge is -2.35. The zero-order valence-electron chi connectivity index (χ0n) is 16.3. The predicted molar refractivity (Wildman–Crippen MR) is 109 cm³/mol. The summed E-state index contributed by atoms with van der Waals surface area (Å²) < 4.78 is 33.4. The second kappa shape index (κ2) is 9.34. The van der Waals surface area contributed by atoms with E-state index in [0.717, 1.165) is 43.7 Å². The summed E-state index contributed by atoms with van der Waals surface area (Å²) in [6.45, 7) is 1.88. The quantitative estimate of drug-likeness (QED) is 0.521. The van der Waals surface area contributed by atoms with Crippen molar-refractivity contribution < 1.29 is 18.1 Å². The first-order valence-electron chi connectivity index (χ1n) is 9.53.